The quantitative estimate of drug-likeness (QED) is 0.259. The number of rotatable bonds is 9. The van der Waals surface area contributed by atoms with Gasteiger partial charge in [-0.1, -0.05) is 0 Å². The van der Waals surface area contributed by atoms with Crippen LogP contribution < -0.4 is 16.1 Å². The number of aromatic nitrogens is 3. The zero-order valence-electron chi connectivity index (χ0n) is 13.8. The number of hydrogen-bond donors (Lipinski definition) is 6. The van der Waals surface area contributed by atoms with Gasteiger partial charge in [0.1, 0.15) is 0 Å². The van der Waals surface area contributed by atoms with Crippen molar-refractivity contribution in [3.05, 3.63) is 0 Å². The molecule has 2 heterocycles. The second kappa shape index (κ2) is 9.60. The summed E-state index contributed by atoms with van der Waals surface area (Å²) in [6.07, 6.45) is -1.96. The third-order valence-corrected chi connectivity index (χ3v) is 3.50. The Morgan fingerprint density at radius 3 is 2.44 bits per heavy atom. The largest absolute Gasteiger partial charge is 0.394 e. The molecule has 2 atom stereocenters. The minimum Gasteiger partial charge on any atom is -0.394 e. The first kappa shape index (κ1) is 19.5. The molecule has 0 saturated carbocycles. The first-order valence-corrected chi connectivity index (χ1v) is 7.97. The highest BCUT2D eigenvalue weighted by Crippen LogP contribution is 2.16. The molecule has 12 heteroatoms. The van der Waals surface area contributed by atoms with Gasteiger partial charge in [-0.15, -0.1) is 0 Å². The summed E-state index contributed by atoms with van der Waals surface area (Å²) in [7, 11) is 0. The van der Waals surface area contributed by atoms with Crippen LogP contribution in [0.3, 0.4) is 0 Å². The molecule has 1 aliphatic heterocycles. The van der Waals surface area contributed by atoms with Crippen molar-refractivity contribution in [2.24, 2.45) is 0 Å². The Hall–Kier alpha value is -1.83. The number of aliphatic hydroxyl groups is 4. The lowest BCUT2D eigenvalue weighted by molar-refractivity contribution is 0.0196. The summed E-state index contributed by atoms with van der Waals surface area (Å²) in [5, 5.41) is 43.5. The SMILES string of the molecule is Nc1nc(NCC(O)CO)nc(N(CC(O)CO)N2CCOCC2)n1. The number of hydrazine groups is 1. The zero-order chi connectivity index (χ0) is 18.2. The maximum atomic E-state index is 9.84. The zero-order valence-corrected chi connectivity index (χ0v) is 13.8. The van der Waals surface area contributed by atoms with Crippen LogP contribution in [0.5, 0.6) is 0 Å². The Labute approximate surface area is 144 Å². The molecule has 142 valence electrons. The van der Waals surface area contributed by atoms with Crippen LogP contribution in [0.15, 0.2) is 0 Å². The van der Waals surface area contributed by atoms with E-state index in [1.54, 1.807) is 5.01 Å². The van der Waals surface area contributed by atoms with Crippen molar-refractivity contribution in [3.63, 3.8) is 0 Å². The summed E-state index contributed by atoms with van der Waals surface area (Å²) in [5.74, 6) is 0.289. The lowest BCUT2D eigenvalue weighted by Gasteiger charge is -2.38. The molecule has 1 aliphatic rings. The van der Waals surface area contributed by atoms with Gasteiger partial charge >= 0.3 is 0 Å². The number of nitrogen functional groups attached to an aromatic ring is 1. The number of nitrogens with zero attached hydrogens (tertiary/aromatic N) is 5. The molecule has 2 rings (SSSR count). The number of anilines is 3. The first-order chi connectivity index (χ1) is 12.0. The lowest BCUT2D eigenvalue weighted by atomic mass is 10.3. The van der Waals surface area contributed by atoms with Crippen LogP contribution in [0.2, 0.25) is 0 Å². The van der Waals surface area contributed by atoms with Crippen LogP contribution in [0, 0.1) is 0 Å². The molecule has 1 saturated heterocycles. The predicted octanol–water partition coefficient (Wildman–Crippen LogP) is -3.37. The third-order valence-electron chi connectivity index (χ3n) is 3.50. The van der Waals surface area contributed by atoms with Crippen molar-refractivity contribution >= 4 is 17.8 Å². The molecule has 0 amide bonds. The number of nitrogens with two attached hydrogens (primary N) is 1. The molecule has 0 aromatic carbocycles. The van der Waals surface area contributed by atoms with Crippen molar-refractivity contribution in [2.75, 3.05) is 68.7 Å². The average Bonchev–Trinajstić information content (AvgIpc) is 2.64. The molecule has 0 bridgehead atoms. The summed E-state index contributed by atoms with van der Waals surface area (Å²) in [5.41, 5.74) is 5.73. The minimum absolute atomic E-state index is 0.0379. The highest BCUT2D eigenvalue weighted by molar-refractivity contribution is 5.41. The minimum atomic E-state index is -0.992. The van der Waals surface area contributed by atoms with E-state index in [0.29, 0.717) is 26.3 Å². The second-order valence-electron chi connectivity index (χ2n) is 5.52. The molecule has 1 aromatic rings. The smallest absolute Gasteiger partial charge is 0.246 e. The van der Waals surface area contributed by atoms with Gasteiger partial charge in [-0.2, -0.15) is 15.0 Å². The van der Waals surface area contributed by atoms with Gasteiger partial charge in [0.2, 0.25) is 17.8 Å². The molecule has 0 aliphatic carbocycles. The molecular weight excluding hydrogens is 334 g/mol. The molecule has 7 N–H and O–H groups in total. The van der Waals surface area contributed by atoms with E-state index in [0.717, 1.165) is 0 Å². The number of morpholine rings is 1. The fraction of sp³-hybridized carbons (Fsp3) is 0.769. The highest BCUT2D eigenvalue weighted by Gasteiger charge is 2.24. The molecular formula is C13H25N7O5. The summed E-state index contributed by atoms with van der Waals surface area (Å²) in [6.45, 7) is 1.46. The number of aliphatic hydroxyl groups excluding tert-OH is 4. The van der Waals surface area contributed by atoms with Gasteiger partial charge in [-0.25, -0.2) is 5.01 Å². The van der Waals surface area contributed by atoms with Gasteiger partial charge in [0.25, 0.3) is 0 Å². The molecule has 25 heavy (non-hydrogen) atoms. The van der Waals surface area contributed by atoms with E-state index < -0.39 is 25.4 Å². The van der Waals surface area contributed by atoms with E-state index in [-0.39, 0.29) is 30.9 Å². The van der Waals surface area contributed by atoms with Crippen molar-refractivity contribution in [1.29, 1.82) is 0 Å². The first-order valence-electron chi connectivity index (χ1n) is 7.97. The molecule has 12 nitrogen and oxygen atoms in total. The van der Waals surface area contributed by atoms with Crippen molar-refractivity contribution in [1.82, 2.24) is 20.0 Å². The van der Waals surface area contributed by atoms with E-state index >= 15 is 0 Å². The van der Waals surface area contributed by atoms with Crippen LogP contribution in [0.4, 0.5) is 17.8 Å². The summed E-state index contributed by atoms with van der Waals surface area (Å²) in [4.78, 5) is 12.3. The van der Waals surface area contributed by atoms with E-state index in [2.05, 4.69) is 20.3 Å². The van der Waals surface area contributed by atoms with E-state index in [1.165, 1.54) is 0 Å². The molecule has 0 radical (unpaired) electrons. The fourth-order valence-corrected chi connectivity index (χ4v) is 2.22. The number of hydrogen-bond acceptors (Lipinski definition) is 12. The Balaban J connectivity index is 2.20. The fourth-order valence-electron chi connectivity index (χ4n) is 2.22. The van der Waals surface area contributed by atoms with E-state index in [1.807, 2.05) is 5.01 Å². The lowest BCUT2D eigenvalue weighted by Crippen LogP contribution is -2.52. The molecule has 2 unspecified atom stereocenters. The Kier molecular flexibility index (Phi) is 7.49. The Morgan fingerprint density at radius 1 is 1.12 bits per heavy atom. The van der Waals surface area contributed by atoms with Crippen LogP contribution in [0.1, 0.15) is 0 Å². The van der Waals surface area contributed by atoms with Crippen LogP contribution >= 0.6 is 0 Å². The average molecular weight is 359 g/mol. The third kappa shape index (κ3) is 5.88. The maximum Gasteiger partial charge on any atom is 0.246 e. The topological polar surface area (TPSA) is 173 Å². The molecule has 1 fully saturated rings. The predicted molar refractivity (Wildman–Crippen MR) is 88.7 cm³/mol. The van der Waals surface area contributed by atoms with Crippen LogP contribution in [-0.2, 0) is 4.74 Å². The second-order valence-corrected chi connectivity index (χ2v) is 5.52. The monoisotopic (exact) mass is 359 g/mol. The van der Waals surface area contributed by atoms with Gasteiger partial charge in [-0.05, 0) is 0 Å². The summed E-state index contributed by atoms with van der Waals surface area (Å²) < 4.78 is 5.32. The number of nitrogens with one attached hydrogen (secondary N) is 1. The van der Waals surface area contributed by atoms with Gasteiger partial charge in [-0.3, -0.25) is 5.01 Å². The van der Waals surface area contributed by atoms with Gasteiger partial charge < -0.3 is 36.2 Å². The van der Waals surface area contributed by atoms with Crippen molar-refractivity contribution in [2.45, 2.75) is 12.2 Å². The maximum absolute atomic E-state index is 9.84. The molecule has 1 aromatic heterocycles. The van der Waals surface area contributed by atoms with Crippen molar-refractivity contribution in [3.8, 4) is 0 Å². The summed E-state index contributed by atoms with van der Waals surface area (Å²) >= 11 is 0. The highest BCUT2D eigenvalue weighted by atomic mass is 16.5. The summed E-state index contributed by atoms with van der Waals surface area (Å²) in [6, 6.07) is 0. The van der Waals surface area contributed by atoms with Crippen LogP contribution in [-0.4, -0.2) is 105 Å². The van der Waals surface area contributed by atoms with Gasteiger partial charge in [0.05, 0.1) is 45.2 Å². The molecule has 0 spiro atoms. The Morgan fingerprint density at radius 2 is 1.80 bits per heavy atom. The van der Waals surface area contributed by atoms with Crippen LogP contribution in [0.25, 0.3) is 0 Å². The van der Waals surface area contributed by atoms with E-state index in [4.69, 9.17) is 20.7 Å². The van der Waals surface area contributed by atoms with Gasteiger partial charge in [0.15, 0.2) is 0 Å². The standard InChI is InChI=1S/C13H25N7O5/c14-11-16-12(15-5-9(23)7-21)18-13(17-11)20(6-10(24)8-22)19-1-3-25-4-2-19/h9-10,21-24H,1-8H2,(H3,14,15,16,17,18). The van der Waals surface area contributed by atoms with E-state index in [9.17, 15) is 10.2 Å². The Bertz CT molecular complexity index is 531. The number of ether oxygens (including phenoxy) is 1. The van der Waals surface area contributed by atoms with Crippen molar-refractivity contribution < 1.29 is 25.2 Å². The van der Waals surface area contributed by atoms with Gasteiger partial charge in [0, 0.05) is 19.6 Å². The normalized spacial score (nSPS) is 17.9.